The highest BCUT2D eigenvalue weighted by atomic mass is 79.9. The number of halogens is 1. The second-order valence-electron chi connectivity index (χ2n) is 3.47. The van der Waals surface area contributed by atoms with Crippen LogP contribution in [0.1, 0.15) is 4.88 Å². The maximum atomic E-state index is 11.4. The summed E-state index contributed by atoms with van der Waals surface area (Å²) in [7, 11) is 1.93. The van der Waals surface area contributed by atoms with Crippen LogP contribution >= 0.6 is 27.3 Å². The first-order chi connectivity index (χ1) is 7.61. The van der Waals surface area contributed by atoms with Gasteiger partial charge in [0.05, 0.1) is 10.3 Å². The van der Waals surface area contributed by atoms with E-state index < -0.39 is 0 Å². The molecule has 0 radical (unpaired) electrons. The molecule has 0 aliphatic rings. The molecule has 3 nitrogen and oxygen atoms in total. The quantitative estimate of drug-likeness (QED) is 0.818. The molecular weight excluding hydrogens is 288 g/mol. The third kappa shape index (κ3) is 4.92. The van der Waals surface area contributed by atoms with Crippen molar-refractivity contribution in [3.63, 3.8) is 0 Å². The van der Waals surface area contributed by atoms with Gasteiger partial charge >= 0.3 is 0 Å². The lowest BCUT2D eigenvalue weighted by molar-refractivity contribution is -0.121. The van der Waals surface area contributed by atoms with E-state index in [9.17, 15) is 4.79 Å². The average Bonchev–Trinajstić information content (AvgIpc) is 2.60. The molecule has 1 rings (SSSR count). The third-order valence-electron chi connectivity index (χ3n) is 1.91. The smallest absolute Gasteiger partial charge is 0.234 e. The largest absolute Gasteiger partial charge is 0.352 e. The van der Waals surface area contributed by atoms with Crippen LogP contribution in [0.25, 0.3) is 0 Å². The lowest BCUT2D eigenvalue weighted by atomic mass is 10.4. The predicted octanol–water partition coefficient (Wildman–Crippen LogP) is 2.24. The molecule has 0 fully saturated rings. The second-order valence-corrected chi connectivity index (χ2v) is 6.02. The lowest BCUT2D eigenvalue weighted by Crippen LogP contribution is -2.34. The summed E-state index contributed by atoms with van der Waals surface area (Å²) >= 11 is 5.10. The zero-order chi connectivity index (χ0) is 12.0. The van der Waals surface area contributed by atoms with E-state index in [0.717, 1.165) is 10.3 Å². The highest BCUT2D eigenvalue weighted by Gasteiger charge is 2.07. The molecular formula is C11H15BrN2OS. The van der Waals surface area contributed by atoms with Gasteiger partial charge in [0.25, 0.3) is 0 Å². The van der Waals surface area contributed by atoms with E-state index in [1.165, 1.54) is 4.88 Å². The van der Waals surface area contributed by atoms with Gasteiger partial charge in [-0.25, -0.2) is 0 Å². The Bertz CT molecular complexity index is 365. The SMILES string of the molecule is C=CCNC(=O)CN(C)Cc1ccc(Br)s1. The van der Waals surface area contributed by atoms with Gasteiger partial charge < -0.3 is 5.32 Å². The van der Waals surface area contributed by atoms with Crippen molar-refractivity contribution >= 4 is 33.2 Å². The summed E-state index contributed by atoms with van der Waals surface area (Å²) in [5.74, 6) is 0.0259. The minimum Gasteiger partial charge on any atom is -0.352 e. The molecule has 1 heterocycles. The van der Waals surface area contributed by atoms with E-state index in [1.54, 1.807) is 17.4 Å². The highest BCUT2D eigenvalue weighted by Crippen LogP contribution is 2.22. The van der Waals surface area contributed by atoms with Gasteiger partial charge in [-0.1, -0.05) is 6.08 Å². The zero-order valence-electron chi connectivity index (χ0n) is 9.20. The Kier molecular flexibility index (Phi) is 5.73. The number of carbonyl (C=O) groups excluding carboxylic acids is 1. The Morgan fingerprint density at radius 3 is 3.00 bits per heavy atom. The first-order valence-electron chi connectivity index (χ1n) is 4.92. The summed E-state index contributed by atoms with van der Waals surface area (Å²) in [5.41, 5.74) is 0. The summed E-state index contributed by atoms with van der Waals surface area (Å²) in [6.45, 7) is 5.27. The van der Waals surface area contributed by atoms with Crippen LogP contribution in [0.5, 0.6) is 0 Å². The normalized spacial score (nSPS) is 10.4. The van der Waals surface area contributed by atoms with Crippen molar-refractivity contribution in [2.24, 2.45) is 0 Å². The summed E-state index contributed by atoms with van der Waals surface area (Å²) < 4.78 is 1.12. The van der Waals surface area contributed by atoms with Crippen molar-refractivity contribution < 1.29 is 4.79 Å². The molecule has 1 N–H and O–H groups in total. The van der Waals surface area contributed by atoms with Crippen molar-refractivity contribution in [3.8, 4) is 0 Å². The van der Waals surface area contributed by atoms with Gasteiger partial charge in [-0.15, -0.1) is 17.9 Å². The van der Waals surface area contributed by atoms with Crippen LogP contribution in [0.4, 0.5) is 0 Å². The Balaban J connectivity index is 2.32. The topological polar surface area (TPSA) is 32.3 Å². The Morgan fingerprint density at radius 2 is 2.44 bits per heavy atom. The number of amides is 1. The Morgan fingerprint density at radius 1 is 1.69 bits per heavy atom. The predicted molar refractivity (Wildman–Crippen MR) is 71.6 cm³/mol. The van der Waals surface area contributed by atoms with Crippen molar-refractivity contribution in [1.29, 1.82) is 0 Å². The van der Waals surface area contributed by atoms with Gasteiger partial charge in [0, 0.05) is 18.0 Å². The number of carbonyl (C=O) groups is 1. The van der Waals surface area contributed by atoms with Crippen LogP contribution in [0.2, 0.25) is 0 Å². The summed E-state index contributed by atoms with van der Waals surface area (Å²) in [6.07, 6.45) is 1.67. The first kappa shape index (κ1) is 13.4. The standard InChI is InChI=1S/C11H15BrN2OS/c1-3-6-13-11(15)8-14(2)7-9-4-5-10(12)16-9/h3-5H,1,6-8H2,2H3,(H,13,15). The van der Waals surface area contributed by atoms with Crippen molar-refractivity contribution in [2.45, 2.75) is 6.54 Å². The highest BCUT2D eigenvalue weighted by molar-refractivity contribution is 9.11. The van der Waals surface area contributed by atoms with Crippen LogP contribution in [-0.2, 0) is 11.3 Å². The van der Waals surface area contributed by atoms with Gasteiger partial charge in [0.2, 0.25) is 5.91 Å². The van der Waals surface area contributed by atoms with Crippen LogP contribution in [0.15, 0.2) is 28.6 Å². The minimum absolute atomic E-state index is 0.0259. The van der Waals surface area contributed by atoms with Gasteiger partial charge in [-0.3, -0.25) is 9.69 Å². The fourth-order valence-corrected chi connectivity index (χ4v) is 2.81. The van der Waals surface area contributed by atoms with Gasteiger partial charge in [-0.2, -0.15) is 0 Å². The monoisotopic (exact) mass is 302 g/mol. The number of nitrogens with zero attached hydrogens (tertiary/aromatic N) is 1. The Labute approximate surface area is 108 Å². The number of nitrogens with one attached hydrogen (secondary N) is 1. The number of hydrogen-bond donors (Lipinski definition) is 1. The number of rotatable bonds is 6. The summed E-state index contributed by atoms with van der Waals surface area (Å²) in [5, 5.41) is 2.75. The molecule has 0 saturated carbocycles. The van der Waals surface area contributed by atoms with Crippen LogP contribution < -0.4 is 5.32 Å². The molecule has 0 saturated heterocycles. The fraction of sp³-hybridized carbons (Fsp3) is 0.364. The van der Waals surface area contributed by atoms with E-state index >= 15 is 0 Å². The molecule has 0 aliphatic heterocycles. The van der Waals surface area contributed by atoms with Crippen LogP contribution in [0.3, 0.4) is 0 Å². The number of likely N-dealkylation sites (N-methyl/N-ethyl adjacent to an activating group) is 1. The second kappa shape index (κ2) is 6.83. The molecule has 0 spiro atoms. The number of thiophene rings is 1. The van der Waals surface area contributed by atoms with Gasteiger partial charge in [0.15, 0.2) is 0 Å². The van der Waals surface area contributed by atoms with Crippen molar-refractivity contribution in [3.05, 3.63) is 33.5 Å². The summed E-state index contributed by atoms with van der Waals surface area (Å²) in [6, 6.07) is 4.08. The van der Waals surface area contributed by atoms with E-state index in [1.807, 2.05) is 18.0 Å². The molecule has 5 heteroatoms. The summed E-state index contributed by atoms with van der Waals surface area (Å²) in [4.78, 5) is 14.6. The van der Waals surface area contributed by atoms with E-state index in [0.29, 0.717) is 13.1 Å². The maximum absolute atomic E-state index is 11.4. The fourth-order valence-electron chi connectivity index (χ4n) is 1.25. The molecule has 1 aromatic heterocycles. The van der Waals surface area contributed by atoms with Gasteiger partial charge in [0.1, 0.15) is 0 Å². The molecule has 16 heavy (non-hydrogen) atoms. The van der Waals surface area contributed by atoms with Crippen molar-refractivity contribution in [1.82, 2.24) is 10.2 Å². The van der Waals surface area contributed by atoms with Gasteiger partial charge in [-0.05, 0) is 35.1 Å². The molecule has 0 bridgehead atoms. The molecule has 88 valence electrons. The number of hydrogen-bond acceptors (Lipinski definition) is 3. The molecule has 1 aromatic rings. The van der Waals surface area contributed by atoms with E-state index in [2.05, 4.69) is 33.9 Å². The lowest BCUT2D eigenvalue weighted by Gasteiger charge is -2.14. The van der Waals surface area contributed by atoms with E-state index in [4.69, 9.17) is 0 Å². The molecule has 0 unspecified atom stereocenters. The first-order valence-corrected chi connectivity index (χ1v) is 6.53. The van der Waals surface area contributed by atoms with Crippen LogP contribution in [-0.4, -0.2) is 30.9 Å². The van der Waals surface area contributed by atoms with Crippen LogP contribution in [0, 0.1) is 0 Å². The average molecular weight is 303 g/mol. The Hall–Kier alpha value is -0.650. The van der Waals surface area contributed by atoms with E-state index in [-0.39, 0.29) is 5.91 Å². The van der Waals surface area contributed by atoms with Crippen molar-refractivity contribution in [2.75, 3.05) is 20.1 Å². The third-order valence-corrected chi connectivity index (χ3v) is 3.52. The minimum atomic E-state index is 0.0259. The molecule has 0 atom stereocenters. The molecule has 0 aromatic carbocycles. The molecule has 1 amide bonds. The zero-order valence-corrected chi connectivity index (χ0v) is 11.6. The molecule has 0 aliphatic carbocycles. The maximum Gasteiger partial charge on any atom is 0.234 e.